The van der Waals surface area contributed by atoms with Gasteiger partial charge in [0.05, 0.1) is 0 Å². The first-order valence-electron chi connectivity index (χ1n) is 8.22. The predicted octanol–water partition coefficient (Wildman–Crippen LogP) is 4.96. The minimum absolute atomic E-state index is 0.517. The van der Waals surface area contributed by atoms with Crippen molar-refractivity contribution in [1.82, 2.24) is 5.32 Å². The Morgan fingerprint density at radius 1 is 1.33 bits per heavy atom. The molecule has 1 N–H and O–H groups in total. The molecule has 1 fully saturated rings. The quantitative estimate of drug-likeness (QED) is 0.805. The van der Waals surface area contributed by atoms with Crippen LogP contribution >= 0.6 is 15.9 Å². The molecule has 2 unspecified atom stereocenters. The Kier molecular flexibility index (Phi) is 6.12. The van der Waals surface area contributed by atoms with Crippen LogP contribution < -0.4 is 10.2 Å². The van der Waals surface area contributed by atoms with Crippen LogP contribution in [0, 0.1) is 5.92 Å². The first-order valence-corrected chi connectivity index (χ1v) is 9.01. The van der Waals surface area contributed by atoms with E-state index in [1.165, 1.54) is 41.4 Å². The van der Waals surface area contributed by atoms with Crippen LogP contribution in [0.25, 0.3) is 0 Å². The fourth-order valence-corrected chi connectivity index (χ4v) is 3.68. The molecule has 0 amide bonds. The Balaban J connectivity index is 2.04. The maximum atomic E-state index is 3.73. The van der Waals surface area contributed by atoms with Gasteiger partial charge in [0.15, 0.2) is 0 Å². The second-order valence-electron chi connectivity index (χ2n) is 6.85. The van der Waals surface area contributed by atoms with Crippen molar-refractivity contribution in [3.63, 3.8) is 0 Å². The summed E-state index contributed by atoms with van der Waals surface area (Å²) >= 11 is 3.73. The summed E-state index contributed by atoms with van der Waals surface area (Å²) in [5.41, 5.74) is 2.66. The summed E-state index contributed by atoms with van der Waals surface area (Å²) < 4.78 is 1.21. The maximum absolute atomic E-state index is 3.73. The van der Waals surface area contributed by atoms with Gasteiger partial charge in [0, 0.05) is 35.8 Å². The lowest BCUT2D eigenvalue weighted by Crippen LogP contribution is -2.35. The predicted molar refractivity (Wildman–Crippen MR) is 95.9 cm³/mol. The highest BCUT2D eigenvalue weighted by Gasteiger charge is 2.22. The summed E-state index contributed by atoms with van der Waals surface area (Å²) in [5, 5.41) is 3.48. The molecule has 1 saturated carbocycles. The van der Waals surface area contributed by atoms with Crippen molar-refractivity contribution in [2.45, 2.75) is 65.1 Å². The van der Waals surface area contributed by atoms with Crippen LogP contribution in [0.3, 0.4) is 0 Å². The molecule has 3 heteroatoms. The lowest BCUT2D eigenvalue weighted by Gasteiger charge is -2.35. The highest BCUT2D eigenvalue weighted by atomic mass is 79.9. The Morgan fingerprint density at radius 2 is 2.10 bits per heavy atom. The summed E-state index contributed by atoms with van der Waals surface area (Å²) in [6.45, 7) is 7.67. The van der Waals surface area contributed by atoms with Crippen molar-refractivity contribution < 1.29 is 0 Å². The van der Waals surface area contributed by atoms with Crippen molar-refractivity contribution in [2.75, 3.05) is 11.9 Å². The fraction of sp³-hybridized carbons (Fsp3) is 0.667. The molecule has 1 aromatic rings. The van der Waals surface area contributed by atoms with E-state index in [1.54, 1.807) is 0 Å². The Labute approximate surface area is 138 Å². The van der Waals surface area contributed by atoms with Gasteiger partial charge in [0.1, 0.15) is 0 Å². The molecule has 2 nitrogen and oxygen atoms in total. The number of anilines is 1. The molecule has 2 rings (SSSR count). The topological polar surface area (TPSA) is 15.3 Å². The Morgan fingerprint density at radius 3 is 2.71 bits per heavy atom. The van der Waals surface area contributed by atoms with Gasteiger partial charge in [0.2, 0.25) is 0 Å². The van der Waals surface area contributed by atoms with E-state index in [4.69, 9.17) is 0 Å². The monoisotopic (exact) mass is 352 g/mol. The molecule has 21 heavy (non-hydrogen) atoms. The zero-order valence-electron chi connectivity index (χ0n) is 13.8. The normalized spacial score (nSPS) is 22.6. The van der Waals surface area contributed by atoms with Crippen LogP contribution in [0.5, 0.6) is 0 Å². The van der Waals surface area contributed by atoms with Crippen molar-refractivity contribution in [3.05, 3.63) is 28.2 Å². The third kappa shape index (κ3) is 4.72. The fourth-order valence-electron chi connectivity index (χ4n) is 3.18. The molecule has 1 aliphatic carbocycles. The van der Waals surface area contributed by atoms with Crippen LogP contribution in [0.4, 0.5) is 5.69 Å². The van der Waals surface area contributed by atoms with Crippen LogP contribution in [0.1, 0.15) is 52.0 Å². The third-order valence-electron chi connectivity index (χ3n) is 4.60. The van der Waals surface area contributed by atoms with E-state index in [0.29, 0.717) is 12.1 Å². The zero-order valence-corrected chi connectivity index (χ0v) is 15.4. The van der Waals surface area contributed by atoms with Crippen LogP contribution in [0.15, 0.2) is 22.7 Å². The van der Waals surface area contributed by atoms with E-state index in [2.05, 4.69) is 72.2 Å². The number of nitrogens with one attached hydrogen (secondary N) is 1. The number of hydrogen-bond donors (Lipinski definition) is 1. The summed E-state index contributed by atoms with van der Waals surface area (Å²) in [6, 6.07) is 8.00. The maximum Gasteiger partial charge on any atom is 0.0377 e. The molecule has 0 heterocycles. The standard InChI is InChI=1S/C18H29BrN2/c1-13(2)20-12-15-8-9-17(11-18(15)19)21(4)16-7-5-6-14(3)10-16/h8-9,11,13-14,16,20H,5-7,10,12H2,1-4H3. The smallest absolute Gasteiger partial charge is 0.0377 e. The van der Waals surface area contributed by atoms with E-state index in [-0.39, 0.29) is 0 Å². The Hall–Kier alpha value is -0.540. The molecular formula is C18H29BrN2. The summed E-state index contributed by atoms with van der Waals surface area (Å²) in [6.07, 6.45) is 5.42. The van der Waals surface area contributed by atoms with Gasteiger partial charge in [-0.25, -0.2) is 0 Å². The van der Waals surface area contributed by atoms with Crippen LogP contribution in [-0.2, 0) is 6.54 Å². The van der Waals surface area contributed by atoms with E-state index < -0.39 is 0 Å². The molecule has 0 saturated heterocycles. The average molecular weight is 353 g/mol. The molecular weight excluding hydrogens is 324 g/mol. The van der Waals surface area contributed by atoms with E-state index in [1.807, 2.05) is 0 Å². The van der Waals surface area contributed by atoms with Crippen LogP contribution in [-0.4, -0.2) is 19.1 Å². The molecule has 1 aliphatic rings. The van der Waals surface area contributed by atoms with Crippen molar-refractivity contribution in [1.29, 1.82) is 0 Å². The van der Waals surface area contributed by atoms with Gasteiger partial charge in [-0.2, -0.15) is 0 Å². The second-order valence-corrected chi connectivity index (χ2v) is 7.70. The number of rotatable bonds is 5. The molecule has 118 valence electrons. The lowest BCUT2D eigenvalue weighted by atomic mass is 9.86. The van der Waals surface area contributed by atoms with Gasteiger partial charge < -0.3 is 10.2 Å². The van der Waals surface area contributed by atoms with Gasteiger partial charge in [-0.3, -0.25) is 0 Å². The first kappa shape index (κ1) is 16.8. The molecule has 0 spiro atoms. The summed E-state index contributed by atoms with van der Waals surface area (Å²) in [4.78, 5) is 2.47. The summed E-state index contributed by atoms with van der Waals surface area (Å²) in [5.74, 6) is 0.865. The van der Waals surface area contributed by atoms with Gasteiger partial charge in [-0.1, -0.05) is 55.6 Å². The van der Waals surface area contributed by atoms with Crippen molar-refractivity contribution >= 4 is 21.6 Å². The highest BCUT2D eigenvalue weighted by Crippen LogP contribution is 2.31. The van der Waals surface area contributed by atoms with Gasteiger partial charge in [0.25, 0.3) is 0 Å². The highest BCUT2D eigenvalue weighted by molar-refractivity contribution is 9.10. The molecule has 2 atom stereocenters. The molecule has 0 bridgehead atoms. The second kappa shape index (κ2) is 7.64. The van der Waals surface area contributed by atoms with E-state index >= 15 is 0 Å². The van der Waals surface area contributed by atoms with E-state index in [9.17, 15) is 0 Å². The minimum Gasteiger partial charge on any atom is -0.372 e. The number of halogens is 1. The van der Waals surface area contributed by atoms with E-state index in [0.717, 1.165) is 12.5 Å². The minimum atomic E-state index is 0.517. The SMILES string of the molecule is CC1CCCC(N(C)c2ccc(CNC(C)C)c(Br)c2)C1. The average Bonchev–Trinajstić information content (AvgIpc) is 2.45. The van der Waals surface area contributed by atoms with Crippen molar-refractivity contribution in [3.8, 4) is 0 Å². The summed E-state index contributed by atoms with van der Waals surface area (Å²) in [7, 11) is 2.25. The number of hydrogen-bond acceptors (Lipinski definition) is 2. The first-order chi connectivity index (χ1) is 9.97. The zero-order chi connectivity index (χ0) is 15.4. The number of benzene rings is 1. The number of nitrogens with zero attached hydrogens (tertiary/aromatic N) is 1. The van der Waals surface area contributed by atoms with Gasteiger partial charge in [-0.05, 0) is 36.5 Å². The molecule has 0 radical (unpaired) electrons. The largest absolute Gasteiger partial charge is 0.372 e. The Bertz CT molecular complexity index is 459. The molecule has 1 aromatic carbocycles. The molecule has 0 aliphatic heterocycles. The van der Waals surface area contributed by atoms with Crippen LogP contribution in [0.2, 0.25) is 0 Å². The molecule has 0 aromatic heterocycles. The van der Waals surface area contributed by atoms with Crippen molar-refractivity contribution in [2.24, 2.45) is 5.92 Å². The lowest BCUT2D eigenvalue weighted by molar-refractivity contribution is 0.336. The van der Waals surface area contributed by atoms with Gasteiger partial charge >= 0.3 is 0 Å². The van der Waals surface area contributed by atoms with Gasteiger partial charge in [-0.15, -0.1) is 0 Å². The third-order valence-corrected chi connectivity index (χ3v) is 5.34.